The van der Waals surface area contributed by atoms with Gasteiger partial charge >= 0.3 is 0 Å². The molecule has 4 heteroatoms. The van der Waals surface area contributed by atoms with E-state index in [-0.39, 0.29) is 10.8 Å². The molecule has 0 spiro atoms. The maximum atomic E-state index is 9.27. The molecule has 4 nitrogen and oxygen atoms in total. The fraction of sp³-hybridized carbons (Fsp3) is 0.647. The Bertz CT molecular complexity index is 428. The summed E-state index contributed by atoms with van der Waals surface area (Å²) in [6.07, 6.45) is -0.897. The van der Waals surface area contributed by atoms with Crippen molar-refractivity contribution in [1.29, 1.82) is 0 Å². The zero-order chi connectivity index (χ0) is 16.4. The zero-order valence-corrected chi connectivity index (χ0v) is 14.1. The van der Waals surface area contributed by atoms with Gasteiger partial charge in [-0.1, -0.05) is 65.3 Å². The van der Waals surface area contributed by atoms with Crippen LogP contribution in [0.4, 0.5) is 0 Å². The average Bonchev–Trinajstić information content (AvgIpc) is 2.25. The average molecular weight is 296 g/mol. The van der Waals surface area contributed by atoms with Crippen LogP contribution in [0.5, 0.6) is 0 Å². The van der Waals surface area contributed by atoms with Crippen LogP contribution in [0.25, 0.3) is 0 Å². The van der Waals surface area contributed by atoms with Crippen molar-refractivity contribution in [3.05, 3.63) is 34.9 Å². The van der Waals surface area contributed by atoms with Gasteiger partial charge in [0, 0.05) is 0 Å². The second-order valence-electron chi connectivity index (χ2n) is 7.88. The summed E-state index contributed by atoms with van der Waals surface area (Å²) in [6.45, 7) is 14.0. The van der Waals surface area contributed by atoms with E-state index in [0.717, 1.165) is 16.7 Å². The molecular weight excluding hydrogens is 268 g/mol. The van der Waals surface area contributed by atoms with Gasteiger partial charge in [-0.05, 0) is 28.9 Å². The van der Waals surface area contributed by atoms with Gasteiger partial charge in [0.25, 0.3) is 0 Å². The lowest BCUT2D eigenvalue weighted by atomic mass is 9.80. The van der Waals surface area contributed by atoms with Crippen molar-refractivity contribution in [2.24, 2.45) is 10.8 Å². The van der Waals surface area contributed by atoms with E-state index in [9.17, 15) is 10.5 Å². The van der Waals surface area contributed by atoms with Crippen molar-refractivity contribution in [2.75, 3.05) is 0 Å². The number of aryl methyl sites for hydroxylation is 1. The Labute approximate surface area is 127 Å². The second-order valence-corrected chi connectivity index (χ2v) is 7.88. The fourth-order valence-corrected chi connectivity index (χ4v) is 2.58. The van der Waals surface area contributed by atoms with Gasteiger partial charge in [0.15, 0.2) is 0 Å². The first-order chi connectivity index (χ1) is 9.50. The smallest absolute Gasteiger partial charge is 0.122 e. The van der Waals surface area contributed by atoms with Crippen LogP contribution in [0.15, 0.2) is 18.2 Å². The molecule has 2 atom stereocenters. The van der Waals surface area contributed by atoms with Crippen LogP contribution in [-0.4, -0.2) is 10.5 Å². The van der Waals surface area contributed by atoms with Crippen molar-refractivity contribution in [3.63, 3.8) is 0 Å². The SMILES string of the molecule is Cc1cc(C(OO)C(C)(C)C)cc(C(OO)C(C)(C)C)c1. The molecule has 1 aromatic carbocycles. The number of rotatable bonds is 4. The summed E-state index contributed by atoms with van der Waals surface area (Å²) in [5.74, 6) is 0. The molecular formula is C17H28O4. The molecule has 2 unspecified atom stereocenters. The highest BCUT2D eigenvalue weighted by Gasteiger charge is 2.31. The van der Waals surface area contributed by atoms with Crippen LogP contribution in [0.3, 0.4) is 0 Å². The van der Waals surface area contributed by atoms with Gasteiger partial charge < -0.3 is 0 Å². The molecule has 2 N–H and O–H groups in total. The van der Waals surface area contributed by atoms with Crippen LogP contribution in [-0.2, 0) is 9.78 Å². The number of hydrogen-bond donors (Lipinski definition) is 2. The van der Waals surface area contributed by atoms with Crippen LogP contribution in [0.1, 0.15) is 70.4 Å². The Balaban J connectivity index is 3.33. The lowest BCUT2D eigenvalue weighted by Crippen LogP contribution is -2.23. The van der Waals surface area contributed by atoms with Gasteiger partial charge in [0.2, 0.25) is 0 Å². The molecule has 1 aromatic rings. The Hall–Kier alpha value is -0.940. The topological polar surface area (TPSA) is 58.9 Å². The summed E-state index contributed by atoms with van der Waals surface area (Å²) in [5, 5.41) is 18.5. The summed E-state index contributed by atoms with van der Waals surface area (Å²) in [4.78, 5) is 9.41. The van der Waals surface area contributed by atoms with Crippen molar-refractivity contribution in [2.45, 2.75) is 60.7 Å². The summed E-state index contributed by atoms with van der Waals surface area (Å²) in [7, 11) is 0. The zero-order valence-electron chi connectivity index (χ0n) is 14.1. The van der Waals surface area contributed by atoms with Crippen molar-refractivity contribution >= 4 is 0 Å². The normalized spacial score (nSPS) is 15.9. The Morgan fingerprint density at radius 3 is 1.33 bits per heavy atom. The van der Waals surface area contributed by atoms with E-state index in [0.29, 0.717) is 0 Å². The summed E-state index contributed by atoms with van der Waals surface area (Å²) in [5.41, 5.74) is 2.26. The minimum atomic E-state index is -0.449. The maximum Gasteiger partial charge on any atom is 0.122 e. The third-order valence-corrected chi connectivity index (χ3v) is 3.51. The molecule has 0 aliphatic heterocycles. The number of benzene rings is 1. The van der Waals surface area contributed by atoms with E-state index in [2.05, 4.69) is 0 Å². The predicted octanol–water partition coefficient (Wildman–Crippen LogP) is 5.15. The highest BCUT2D eigenvalue weighted by molar-refractivity contribution is 5.33. The molecule has 21 heavy (non-hydrogen) atoms. The van der Waals surface area contributed by atoms with Crippen LogP contribution in [0.2, 0.25) is 0 Å². The van der Waals surface area contributed by atoms with Gasteiger partial charge in [0.05, 0.1) is 0 Å². The summed E-state index contributed by atoms with van der Waals surface area (Å²) < 4.78 is 0. The molecule has 0 saturated heterocycles. The fourth-order valence-electron chi connectivity index (χ4n) is 2.58. The van der Waals surface area contributed by atoms with E-state index in [4.69, 9.17) is 9.78 Å². The highest BCUT2D eigenvalue weighted by atomic mass is 17.1. The van der Waals surface area contributed by atoms with E-state index >= 15 is 0 Å². The Morgan fingerprint density at radius 1 is 0.762 bits per heavy atom. The van der Waals surface area contributed by atoms with Crippen molar-refractivity contribution in [3.8, 4) is 0 Å². The van der Waals surface area contributed by atoms with E-state index in [1.807, 2.05) is 66.7 Å². The third-order valence-electron chi connectivity index (χ3n) is 3.51. The Kier molecular flexibility index (Phi) is 5.56. The van der Waals surface area contributed by atoms with Gasteiger partial charge in [-0.25, -0.2) is 9.78 Å². The maximum absolute atomic E-state index is 9.27. The molecule has 0 aromatic heterocycles. The highest BCUT2D eigenvalue weighted by Crippen LogP contribution is 2.40. The summed E-state index contributed by atoms with van der Waals surface area (Å²) >= 11 is 0. The molecule has 0 fully saturated rings. The molecule has 0 aliphatic rings. The van der Waals surface area contributed by atoms with Gasteiger partial charge in [0.1, 0.15) is 12.2 Å². The molecule has 120 valence electrons. The van der Waals surface area contributed by atoms with Crippen LogP contribution < -0.4 is 0 Å². The Morgan fingerprint density at radius 2 is 1.10 bits per heavy atom. The second kappa shape index (κ2) is 6.44. The quantitative estimate of drug-likeness (QED) is 0.596. The molecule has 0 saturated carbocycles. The lowest BCUT2D eigenvalue weighted by Gasteiger charge is -2.31. The predicted molar refractivity (Wildman–Crippen MR) is 83.0 cm³/mol. The van der Waals surface area contributed by atoms with Crippen molar-refractivity contribution in [1.82, 2.24) is 0 Å². The lowest BCUT2D eigenvalue weighted by molar-refractivity contribution is -0.305. The molecule has 0 bridgehead atoms. The largest absolute Gasteiger partial charge is 0.251 e. The minimum absolute atomic E-state index is 0.253. The molecule has 0 heterocycles. The van der Waals surface area contributed by atoms with E-state index in [1.165, 1.54) is 0 Å². The first-order valence-electron chi connectivity index (χ1n) is 7.22. The first kappa shape index (κ1) is 18.1. The molecule has 0 radical (unpaired) electrons. The third kappa shape index (κ3) is 4.51. The standard InChI is InChI=1S/C17H28O4/c1-11-8-12(14(20-18)16(2,3)4)10-13(9-11)15(21-19)17(5,6)7/h8-10,14-15,18-19H,1-7H3. The van der Waals surface area contributed by atoms with E-state index in [1.54, 1.807) is 0 Å². The molecule has 0 amide bonds. The van der Waals surface area contributed by atoms with Gasteiger partial charge in [-0.2, -0.15) is 0 Å². The van der Waals surface area contributed by atoms with Crippen LogP contribution in [0, 0.1) is 17.8 Å². The molecule has 0 aliphatic carbocycles. The summed E-state index contributed by atoms with van der Waals surface area (Å²) in [6, 6.07) is 5.88. The van der Waals surface area contributed by atoms with Crippen molar-refractivity contribution < 1.29 is 20.3 Å². The van der Waals surface area contributed by atoms with Gasteiger partial charge in [-0.15, -0.1) is 0 Å². The van der Waals surface area contributed by atoms with Crippen LogP contribution >= 0.6 is 0 Å². The minimum Gasteiger partial charge on any atom is -0.251 e. The number of hydrogen-bond acceptors (Lipinski definition) is 4. The molecule has 1 rings (SSSR count). The van der Waals surface area contributed by atoms with E-state index < -0.39 is 12.2 Å². The first-order valence-corrected chi connectivity index (χ1v) is 7.22. The van der Waals surface area contributed by atoms with Gasteiger partial charge in [-0.3, -0.25) is 10.5 Å². The monoisotopic (exact) mass is 296 g/mol.